The molecule has 1 aromatic heterocycles. The van der Waals surface area contributed by atoms with Gasteiger partial charge >= 0.3 is 6.03 Å². The van der Waals surface area contributed by atoms with Crippen molar-refractivity contribution in [2.75, 3.05) is 17.7 Å². The standard InChI is InChI=1S/C17H15ClN4O2S/c1-24-14-7-5-11(6-8-14)9-15-21-22-17(25-15)20-16(23)19-13-4-2-3-12(18)10-13/h2-8,10H,9H2,1H3,(H2,19,20,22,23). The molecular formula is C17H15ClN4O2S. The van der Waals surface area contributed by atoms with Gasteiger partial charge in [0, 0.05) is 17.1 Å². The highest BCUT2D eigenvalue weighted by molar-refractivity contribution is 7.15. The van der Waals surface area contributed by atoms with E-state index >= 15 is 0 Å². The van der Waals surface area contributed by atoms with Crippen LogP contribution in [0.4, 0.5) is 15.6 Å². The Hall–Kier alpha value is -2.64. The number of urea groups is 1. The second-order valence-corrected chi connectivity index (χ2v) is 6.61. The van der Waals surface area contributed by atoms with Crippen LogP contribution in [-0.2, 0) is 6.42 Å². The maximum absolute atomic E-state index is 12.0. The fourth-order valence-corrected chi connectivity index (χ4v) is 3.08. The average molecular weight is 375 g/mol. The first-order valence-electron chi connectivity index (χ1n) is 7.41. The largest absolute Gasteiger partial charge is 0.497 e. The number of nitrogens with zero attached hydrogens (tertiary/aromatic N) is 2. The highest BCUT2D eigenvalue weighted by Crippen LogP contribution is 2.21. The van der Waals surface area contributed by atoms with E-state index < -0.39 is 6.03 Å². The molecule has 0 aliphatic heterocycles. The highest BCUT2D eigenvalue weighted by Gasteiger charge is 2.09. The average Bonchev–Trinajstić information content (AvgIpc) is 3.02. The first-order valence-corrected chi connectivity index (χ1v) is 8.61. The molecule has 6 nitrogen and oxygen atoms in total. The van der Waals surface area contributed by atoms with Crippen molar-refractivity contribution in [2.45, 2.75) is 6.42 Å². The van der Waals surface area contributed by atoms with E-state index in [2.05, 4.69) is 20.8 Å². The number of rotatable bonds is 5. The zero-order chi connectivity index (χ0) is 17.6. The number of hydrogen-bond donors (Lipinski definition) is 2. The minimum Gasteiger partial charge on any atom is -0.497 e. The molecule has 3 rings (SSSR count). The van der Waals surface area contributed by atoms with Gasteiger partial charge in [-0.1, -0.05) is 41.1 Å². The monoisotopic (exact) mass is 374 g/mol. The smallest absolute Gasteiger partial charge is 0.325 e. The number of anilines is 2. The third-order valence-corrected chi connectivity index (χ3v) is 4.36. The van der Waals surface area contributed by atoms with Gasteiger partial charge in [0.15, 0.2) is 0 Å². The van der Waals surface area contributed by atoms with Gasteiger partial charge in [-0.15, -0.1) is 10.2 Å². The topological polar surface area (TPSA) is 76.1 Å². The molecule has 0 radical (unpaired) electrons. The Labute approximate surface area is 153 Å². The first kappa shape index (κ1) is 17.2. The number of methoxy groups -OCH3 is 1. The fourth-order valence-electron chi connectivity index (χ4n) is 2.12. The number of halogens is 1. The molecule has 8 heteroatoms. The fraction of sp³-hybridized carbons (Fsp3) is 0.118. The van der Waals surface area contributed by atoms with E-state index in [0.717, 1.165) is 16.3 Å². The molecule has 0 bridgehead atoms. The Morgan fingerprint density at radius 2 is 1.96 bits per heavy atom. The molecule has 128 valence electrons. The lowest BCUT2D eigenvalue weighted by Gasteiger charge is -2.04. The zero-order valence-electron chi connectivity index (χ0n) is 13.3. The molecule has 3 aromatic rings. The second-order valence-electron chi connectivity index (χ2n) is 5.12. The molecule has 0 fully saturated rings. The molecule has 0 atom stereocenters. The van der Waals surface area contributed by atoms with Gasteiger partial charge in [-0.05, 0) is 35.9 Å². The lowest BCUT2D eigenvalue weighted by Crippen LogP contribution is -2.19. The quantitative estimate of drug-likeness (QED) is 0.692. The summed E-state index contributed by atoms with van der Waals surface area (Å²) in [5.41, 5.74) is 1.69. The van der Waals surface area contributed by atoms with Crippen molar-refractivity contribution in [3.63, 3.8) is 0 Å². The Morgan fingerprint density at radius 3 is 2.68 bits per heavy atom. The van der Waals surface area contributed by atoms with Crippen molar-refractivity contribution >= 4 is 39.8 Å². The van der Waals surface area contributed by atoms with E-state index in [0.29, 0.717) is 22.3 Å². The van der Waals surface area contributed by atoms with E-state index in [1.165, 1.54) is 11.3 Å². The molecule has 0 unspecified atom stereocenters. The van der Waals surface area contributed by atoms with Gasteiger partial charge in [-0.25, -0.2) is 4.79 Å². The van der Waals surface area contributed by atoms with Crippen molar-refractivity contribution < 1.29 is 9.53 Å². The van der Waals surface area contributed by atoms with Gasteiger partial charge in [0.1, 0.15) is 10.8 Å². The number of aromatic nitrogens is 2. The third kappa shape index (κ3) is 4.91. The van der Waals surface area contributed by atoms with Crippen LogP contribution in [0, 0.1) is 0 Å². The van der Waals surface area contributed by atoms with Crippen LogP contribution in [0.2, 0.25) is 5.02 Å². The van der Waals surface area contributed by atoms with Gasteiger partial charge in [-0.2, -0.15) is 0 Å². The molecule has 0 saturated heterocycles. The summed E-state index contributed by atoms with van der Waals surface area (Å²) in [5.74, 6) is 0.807. The van der Waals surface area contributed by atoms with Crippen molar-refractivity contribution in [1.82, 2.24) is 10.2 Å². The molecule has 2 aromatic carbocycles. The van der Waals surface area contributed by atoms with Crippen LogP contribution >= 0.6 is 22.9 Å². The molecule has 0 spiro atoms. The van der Waals surface area contributed by atoms with Gasteiger partial charge < -0.3 is 10.1 Å². The van der Waals surface area contributed by atoms with Crippen LogP contribution in [0.3, 0.4) is 0 Å². The number of amides is 2. The summed E-state index contributed by atoms with van der Waals surface area (Å²) in [6.07, 6.45) is 0.638. The van der Waals surface area contributed by atoms with Gasteiger partial charge in [0.25, 0.3) is 0 Å². The van der Waals surface area contributed by atoms with E-state index in [9.17, 15) is 4.79 Å². The zero-order valence-corrected chi connectivity index (χ0v) is 14.9. The van der Waals surface area contributed by atoms with Crippen LogP contribution in [0.15, 0.2) is 48.5 Å². The normalized spacial score (nSPS) is 10.3. The van der Waals surface area contributed by atoms with E-state index in [1.54, 1.807) is 31.4 Å². The van der Waals surface area contributed by atoms with Crippen LogP contribution in [0.1, 0.15) is 10.6 Å². The third-order valence-electron chi connectivity index (χ3n) is 3.28. The van der Waals surface area contributed by atoms with Crippen LogP contribution in [-0.4, -0.2) is 23.3 Å². The summed E-state index contributed by atoms with van der Waals surface area (Å²) in [4.78, 5) is 12.0. The predicted octanol–water partition coefficient (Wildman–Crippen LogP) is 4.43. The van der Waals surface area contributed by atoms with Gasteiger partial charge in [0.05, 0.1) is 7.11 Å². The van der Waals surface area contributed by atoms with Gasteiger partial charge in [0.2, 0.25) is 5.13 Å². The van der Waals surface area contributed by atoms with Crippen molar-refractivity contribution in [3.8, 4) is 5.75 Å². The number of nitrogens with one attached hydrogen (secondary N) is 2. The maximum atomic E-state index is 12.0. The molecule has 0 aliphatic carbocycles. The summed E-state index contributed by atoms with van der Waals surface area (Å²) in [5, 5.41) is 15.2. The summed E-state index contributed by atoms with van der Waals surface area (Å²) < 4.78 is 5.14. The molecule has 2 amide bonds. The number of ether oxygens (including phenoxy) is 1. The highest BCUT2D eigenvalue weighted by atomic mass is 35.5. The summed E-state index contributed by atoms with van der Waals surface area (Å²) >= 11 is 7.22. The minimum absolute atomic E-state index is 0.394. The molecule has 2 N–H and O–H groups in total. The lowest BCUT2D eigenvalue weighted by atomic mass is 10.1. The van der Waals surface area contributed by atoms with Crippen molar-refractivity contribution in [2.24, 2.45) is 0 Å². The van der Waals surface area contributed by atoms with Crippen LogP contribution in [0.25, 0.3) is 0 Å². The number of benzene rings is 2. The lowest BCUT2D eigenvalue weighted by molar-refractivity contribution is 0.262. The van der Waals surface area contributed by atoms with E-state index in [4.69, 9.17) is 16.3 Å². The van der Waals surface area contributed by atoms with Crippen molar-refractivity contribution in [1.29, 1.82) is 0 Å². The Bertz CT molecular complexity index is 867. The van der Waals surface area contributed by atoms with E-state index in [-0.39, 0.29) is 0 Å². The molecule has 1 heterocycles. The predicted molar refractivity (Wildman–Crippen MR) is 99.8 cm³/mol. The first-order chi connectivity index (χ1) is 12.1. The van der Waals surface area contributed by atoms with E-state index in [1.807, 2.05) is 24.3 Å². The SMILES string of the molecule is COc1ccc(Cc2nnc(NC(=O)Nc3cccc(Cl)c3)s2)cc1. The minimum atomic E-state index is -0.394. The van der Waals surface area contributed by atoms with Crippen LogP contribution in [0.5, 0.6) is 5.75 Å². The van der Waals surface area contributed by atoms with Gasteiger partial charge in [-0.3, -0.25) is 5.32 Å². The molecule has 0 saturated carbocycles. The summed E-state index contributed by atoms with van der Waals surface area (Å²) in [6.45, 7) is 0. The molecule has 25 heavy (non-hydrogen) atoms. The number of hydrogen-bond acceptors (Lipinski definition) is 5. The van der Waals surface area contributed by atoms with Crippen LogP contribution < -0.4 is 15.4 Å². The summed E-state index contributed by atoms with van der Waals surface area (Å²) in [7, 11) is 1.63. The molecular weight excluding hydrogens is 360 g/mol. The second kappa shape index (κ2) is 7.96. The van der Waals surface area contributed by atoms with Crippen molar-refractivity contribution in [3.05, 3.63) is 64.1 Å². The Morgan fingerprint density at radius 1 is 1.16 bits per heavy atom. The summed E-state index contributed by atoms with van der Waals surface area (Å²) in [6, 6.07) is 14.3. The maximum Gasteiger partial charge on any atom is 0.325 e. The number of carbonyl (C=O) groups is 1. The number of carbonyl (C=O) groups excluding carboxylic acids is 1. The molecule has 0 aliphatic rings. The Balaban J connectivity index is 1.58. The Kier molecular flexibility index (Phi) is 5.47.